The van der Waals surface area contributed by atoms with Crippen molar-refractivity contribution >= 4 is 23.2 Å². The fourth-order valence-electron chi connectivity index (χ4n) is 2.77. The fourth-order valence-corrected chi connectivity index (χ4v) is 3.49. The van der Waals surface area contributed by atoms with Gasteiger partial charge in [0.15, 0.2) is 0 Å². The Morgan fingerprint density at radius 2 is 1.75 bits per heavy atom. The van der Waals surface area contributed by atoms with Gasteiger partial charge < -0.3 is 4.74 Å². The van der Waals surface area contributed by atoms with Crippen molar-refractivity contribution in [2.24, 2.45) is 17.3 Å². The zero-order valence-electron chi connectivity index (χ0n) is 10.5. The number of rotatable bonds is 6. The molecule has 0 aliphatic carbocycles. The van der Waals surface area contributed by atoms with E-state index in [9.17, 15) is 0 Å². The molecule has 0 amide bonds. The van der Waals surface area contributed by atoms with Crippen LogP contribution in [0.25, 0.3) is 0 Å². The Labute approximate surface area is 110 Å². The molecule has 1 saturated heterocycles. The van der Waals surface area contributed by atoms with Crippen LogP contribution in [-0.2, 0) is 4.74 Å². The summed E-state index contributed by atoms with van der Waals surface area (Å²) in [6.45, 7) is 6.32. The maximum absolute atomic E-state index is 6.17. The van der Waals surface area contributed by atoms with Gasteiger partial charge in [-0.1, -0.05) is 13.8 Å². The van der Waals surface area contributed by atoms with Gasteiger partial charge in [0.1, 0.15) is 0 Å². The molecule has 1 heterocycles. The van der Waals surface area contributed by atoms with Crippen molar-refractivity contribution in [2.75, 3.05) is 25.0 Å². The van der Waals surface area contributed by atoms with Crippen molar-refractivity contribution in [2.45, 2.75) is 39.5 Å². The van der Waals surface area contributed by atoms with E-state index in [0.717, 1.165) is 25.6 Å². The Hall–Kier alpha value is 0.540. The predicted molar refractivity (Wildman–Crippen MR) is 71.5 cm³/mol. The van der Waals surface area contributed by atoms with Crippen molar-refractivity contribution in [1.82, 2.24) is 0 Å². The second-order valence-electron chi connectivity index (χ2n) is 5.63. The van der Waals surface area contributed by atoms with E-state index in [1.54, 1.807) is 0 Å². The molecule has 1 rings (SSSR count). The standard InChI is InChI=1S/C13H24Cl2O/c1-11(2)7-13(9-14,10-15)8-12-3-5-16-6-4-12/h11-12H,3-10H2,1-2H3. The van der Waals surface area contributed by atoms with Crippen molar-refractivity contribution in [3.8, 4) is 0 Å². The summed E-state index contributed by atoms with van der Waals surface area (Å²) >= 11 is 12.3. The summed E-state index contributed by atoms with van der Waals surface area (Å²) in [5.74, 6) is 2.79. The Morgan fingerprint density at radius 1 is 1.19 bits per heavy atom. The van der Waals surface area contributed by atoms with Crippen LogP contribution in [0, 0.1) is 17.3 Å². The molecule has 16 heavy (non-hydrogen) atoms. The zero-order valence-corrected chi connectivity index (χ0v) is 12.0. The van der Waals surface area contributed by atoms with Gasteiger partial charge in [0.05, 0.1) is 0 Å². The highest BCUT2D eigenvalue weighted by Gasteiger charge is 2.32. The molecule has 0 N–H and O–H groups in total. The van der Waals surface area contributed by atoms with E-state index in [0.29, 0.717) is 17.7 Å². The fraction of sp³-hybridized carbons (Fsp3) is 1.00. The highest BCUT2D eigenvalue weighted by Crippen LogP contribution is 2.38. The number of hydrogen-bond donors (Lipinski definition) is 0. The van der Waals surface area contributed by atoms with Gasteiger partial charge in [0.2, 0.25) is 0 Å². The summed E-state index contributed by atoms with van der Waals surface area (Å²) in [6.07, 6.45) is 4.65. The maximum Gasteiger partial charge on any atom is 0.0468 e. The lowest BCUT2D eigenvalue weighted by Crippen LogP contribution is -2.32. The smallest absolute Gasteiger partial charge is 0.0468 e. The molecule has 0 radical (unpaired) electrons. The first-order chi connectivity index (χ1) is 7.62. The molecular weight excluding hydrogens is 243 g/mol. The average Bonchev–Trinajstić information content (AvgIpc) is 2.29. The highest BCUT2D eigenvalue weighted by atomic mass is 35.5. The first-order valence-electron chi connectivity index (χ1n) is 6.31. The molecule has 1 fully saturated rings. The lowest BCUT2D eigenvalue weighted by molar-refractivity contribution is 0.0494. The van der Waals surface area contributed by atoms with Crippen LogP contribution in [0.2, 0.25) is 0 Å². The molecule has 1 nitrogen and oxygen atoms in total. The van der Waals surface area contributed by atoms with Crippen LogP contribution >= 0.6 is 23.2 Å². The summed E-state index contributed by atoms with van der Waals surface area (Å²) in [7, 11) is 0. The van der Waals surface area contributed by atoms with Crippen molar-refractivity contribution in [3.63, 3.8) is 0 Å². The number of hydrogen-bond acceptors (Lipinski definition) is 1. The lowest BCUT2D eigenvalue weighted by Gasteiger charge is -2.36. The van der Waals surface area contributed by atoms with E-state index in [4.69, 9.17) is 27.9 Å². The molecule has 3 heteroatoms. The molecule has 0 spiro atoms. The molecule has 0 aromatic carbocycles. The number of halogens is 2. The molecule has 1 aliphatic rings. The molecule has 0 saturated carbocycles. The lowest BCUT2D eigenvalue weighted by atomic mass is 9.74. The second kappa shape index (κ2) is 7.08. The van der Waals surface area contributed by atoms with Gasteiger partial charge in [-0.15, -0.1) is 23.2 Å². The molecule has 1 aliphatic heterocycles. The monoisotopic (exact) mass is 266 g/mol. The predicted octanol–water partition coefficient (Wildman–Crippen LogP) is 4.31. The van der Waals surface area contributed by atoms with E-state index in [-0.39, 0.29) is 5.41 Å². The van der Waals surface area contributed by atoms with E-state index in [2.05, 4.69) is 13.8 Å². The summed E-state index contributed by atoms with van der Waals surface area (Å²) in [5, 5.41) is 0. The van der Waals surface area contributed by atoms with Gasteiger partial charge in [-0.3, -0.25) is 0 Å². The van der Waals surface area contributed by atoms with Crippen molar-refractivity contribution in [1.29, 1.82) is 0 Å². The third-order valence-corrected chi connectivity index (χ3v) is 4.60. The first-order valence-corrected chi connectivity index (χ1v) is 7.38. The molecule has 0 unspecified atom stereocenters. The van der Waals surface area contributed by atoms with E-state index < -0.39 is 0 Å². The minimum absolute atomic E-state index is 0.138. The topological polar surface area (TPSA) is 9.23 Å². The van der Waals surface area contributed by atoms with E-state index in [1.807, 2.05) is 0 Å². The third-order valence-electron chi connectivity index (χ3n) is 3.47. The molecule has 96 valence electrons. The Bertz CT molecular complexity index is 184. The Kier molecular flexibility index (Phi) is 6.46. The molecule has 0 bridgehead atoms. The first kappa shape index (κ1) is 14.6. The minimum atomic E-state index is 0.138. The second-order valence-corrected chi connectivity index (χ2v) is 6.16. The van der Waals surface area contributed by atoms with E-state index in [1.165, 1.54) is 19.3 Å². The average molecular weight is 267 g/mol. The van der Waals surface area contributed by atoms with Crippen LogP contribution < -0.4 is 0 Å². The van der Waals surface area contributed by atoms with E-state index >= 15 is 0 Å². The molecule has 0 aromatic rings. The van der Waals surface area contributed by atoms with Crippen LogP contribution in [0.1, 0.15) is 39.5 Å². The van der Waals surface area contributed by atoms with Crippen LogP contribution in [0.4, 0.5) is 0 Å². The van der Waals surface area contributed by atoms with Crippen LogP contribution in [0.5, 0.6) is 0 Å². The largest absolute Gasteiger partial charge is 0.381 e. The molecular formula is C13H24Cl2O. The quantitative estimate of drug-likeness (QED) is 0.651. The minimum Gasteiger partial charge on any atom is -0.381 e. The normalized spacial score (nSPS) is 19.3. The van der Waals surface area contributed by atoms with Gasteiger partial charge in [-0.05, 0) is 42.9 Å². The van der Waals surface area contributed by atoms with Gasteiger partial charge >= 0.3 is 0 Å². The number of alkyl halides is 2. The Morgan fingerprint density at radius 3 is 2.19 bits per heavy atom. The maximum atomic E-state index is 6.17. The van der Waals surface area contributed by atoms with Crippen molar-refractivity contribution < 1.29 is 4.74 Å². The van der Waals surface area contributed by atoms with Gasteiger partial charge in [-0.25, -0.2) is 0 Å². The third kappa shape index (κ3) is 4.43. The summed E-state index contributed by atoms with van der Waals surface area (Å²) in [4.78, 5) is 0. The summed E-state index contributed by atoms with van der Waals surface area (Å²) in [6, 6.07) is 0. The van der Waals surface area contributed by atoms with Crippen LogP contribution in [0.3, 0.4) is 0 Å². The molecule has 0 atom stereocenters. The Balaban J connectivity index is 2.53. The SMILES string of the molecule is CC(C)CC(CCl)(CCl)CC1CCOCC1. The summed E-state index contributed by atoms with van der Waals surface area (Å²) < 4.78 is 5.40. The van der Waals surface area contributed by atoms with Gasteiger partial charge in [0, 0.05) is 25.0 Å². The highest BCUT2D eigenvalue weighted by molar-refractivity contribution is 6.21. The molecule has 0 aromatic heterocycles. The van der Waals surface area contributed by atoms with Gasteiger partial charge in [-0.2, -0.15) is 0 Å². The van der Waals surface area contributed by atoms with Gasteiger partial charge in [0.25, 0.3) is 0 Å². The zero-order chi connectivity index (χ0) is 12.0. The van der Waals surface area contributed by atoms with Crippen molar-refractivity contribution in [3.05, 3.63) is 0 Å². The van der Waals surface area contributed by atoms with Crippen LogP contribution in [0.15, 0.2) is 0 Å². The summed E-state index contributed by atoms with van der Waals surface area (Å²) in [5.41, 5.74) is 0.138. The van der Waals surface area contributed by atoms with Crippen LogP contribution in [-0.4, -0.2) is 25.0 Å². The number of ether oxygens (including phenoxy) is 1.